The molecule has 0 spiro atoms. The molecule has 0 atom stereocenters. The van der Waals surface area contributed by atoms with Crippen LogP contribution in [-0.2, 0) is 0 Å². The van der Waals surface area contributed by atoms with Crippen molar-refractivity contribution in [1.82, 2.24) is 10.2 Å². The Kier molecular flexibility index (Phi) is 2.40. The second-order valence-electron chi connectivity index (χ2n) is 3.62. The molecule has 1 aliphatic carbocycles. The fourth-order valence-electron chi connectivity index (χ4n) is 1.26. The summed E-state index contributed by atoms with van der Waals surface area (Å²) in [5.74, 6) is -0.304. The molecule has 1 aromatic rings. The zero-order valence-corrected chi connectivity index (χ0v) is 7.99. The van der Waals surface area contributed by atoms with Crippen LogP contribution >= 0.6 is 0 Å². The monoisotopic (exact) mass is 209 g/mol. The second-order valence-corrected chi connectivity index (χ2v) is 3.62. The Hall–Kier alpha value is -1.85. The van der Waals surface area contributed by atoms with Gasteiger partial charge in [-0.15, -0.1) is 0 Å². The zero-order chi connectivity index (χ0) is 10.8. The topological polar surface area (TPSA) is 95.1 Å². The number of carboxylic acid groups (broad SMARTS) is 1. The molecule has 1 aromatic heterocycles. The van der Waals surface area contributed by atoms with Gasteiger partial charge in [0.1, 0.15) is 5.56 Å². The fraction of sp³-hybridized carbons (Fsp3) is 0.444. The van der Waals surface area contributed by atoms with Gasteiger partial charge in [0.25, 0.3) is 5.56 Å². The summed E-state index contributed by atoms with van der Waals surface area (Å²) in [5, 5.41) is 17.6. The van der Waals surface area contributed by atoms with Gasteiger partial charge in [-0.05, 0) is 18.8 Å². The number of nitrogens with one attached hydrogen (secondary N) is 2. The maximum absolute atomic E-state index is 10.9. The number of aromatic amines is 1. The lowest BCUT2D eigenvalue weighted by Gasteiger charge is -2.05. The van der Waals surface area contributed by atoms with Gasteiger partial charge >= 0.3 is 5.97 Å². The van der Waals surface area contributed by atoms with Gasteiger partial charge in [-0.3, -0.25) is 4.79 Å². The molecule has 1 fully saturated rings. The highest BCUT2D eigenvalue weighted by Gasteiger charge is 2.22. The van der Waals surface area contributed by atoms with E-state index in [1.54, 1.807) is 0 Å². The Balaban J connectivity index is 2.19. The highest BCUT2D eigenvalue weighted by Crippen LogP contribution is 2.28. The van der Waals surface area contributed by atoms with Gasteiger partial charge < -0.3 is 10.4 Å². The van der Waals surface area contributed by atoms with Crippen LogP contribution in [0.1, 0.15) is 23.2 Å². The lowest BCUT2D eigenvalue weighted by atomic mass is 10.3. The number of H-pyrrole nitrogens is 1. The fourth-order valence-corrected chi connectivity index (χ4v) is 1.26. The van der Waals surface area contributed by atoms with Gasteiger partial charge in [0.2, 0.25) is 0 Å². The average Bonchev–Trinajstić information content (AvgIpc) is 2.99. The minimum Gasteiger partial charge on any atom is -0.478 e. The molecule has 0 unspecified atom stereocenters. The van der Waals surface area contributed by atoms with Crippen LogP contribution in [0.25, 0.3) is 0 Å². The summed E-state index contributed by atoms with van der Waals surface area (Å²) in [5.41, 5.74) is -0.594. The summed E-state index contributed by atoms with van der Waals surface area (Å²) in [7, 11) is 0. The average molecular weight is 209 g/mol. The van der Waals surface area contributed by atoms with E-state index in [2.05, 4.69) is 15.5 Å². The van der Waals surface area contributed by atoms with Gasteiger partial charge in [-0.1, -0.05) is 0 Å². The molecule has 0 amide bonds. The summed E-state index contributed by atoms with van der Waals surface area (Å²) in [4.78, 5) is 21.7. The maximum Gasteiger partial charge on any atom is 0.339 e. The molecule has 0 saturated heterocycles. The van der Waals surface area contributed by atoms with Crippen LogP contribution in [0.3, 0.4) is 0 Å². The summed E-state index contributed by atoms with van der Waals surface area (Å²) < 4.78 is 0. The third-order valence-electron chi connectivity index (χ3n) is 2.29. The number of hydrogen-bond acceptors (Lipinski definition) is 4. The lowest BCUT2D eigenvalue weighted by Crippen LogP contribution is -2.17. The third-order valence-corrected chi connectivity index (χ3v) is 2.29. The minimum atomic E-state index is -1.15. The molecule has 6 nitrogen and oxygen atoms in total. The van der Waals surface area contributed by atoms with E-state index in [-0.39, 0.29) is 11.4 Å². The Morgan fingerprint density at radius 1 is 1.67 bits per heavy atom. The van der Waals surface area contributed by atoms with Gasteiger partial charge in [0.05, 0.1) is 0 Å². The second kappa shape index (κ2) is 3.72. The molecule has 0 radical (unpaired) electrons. The van der Waals surface area contributed by atoms with Crippen LogP contribution in [0.2, 0.25) is 0 Å². The van der Waals surface area contributed by atoms with E-state index in [1.807, 2.05) is 0 Å². The van der Waals surface area contributed by atoms with Crippen molar-refractivity contribution in [3.05, 3.63) is 22.0 Å². The zero-order valence-electron chi connectivity index (χ0n) is 7.99. The van der Waals surface area contributed by atoms with Crippen molar-refractivity contribution in [3.8, 4) is 0 Å². The van der Waals surface area contributed by atoms with Crippen molar-refractivity contribution in [2.24, 2.45) is 5.92 Å². The van der Waals surface area contributed by atoms with Gasteiger partial charge in [-0.25, -0.2) is 9.89 Å². The molecule has 3 N–H and O–H groups in total. The first-order valence-electron chi connectivity index (χ1n) is 4.73. The highest BCUT2D eigenvalue weighted by atomic mass is 16.4. The Labute approximate surface area is 85.3 Å². The molecule has 0 aromatic carbocycles. The van der Waals surface area contributed by atoms with Crippen molar-refractivity contribution >= 4 is 11.8 Å². The molecule has 0 bridgehead atoms. The normalized spacial score (nSPS) is 14.9. The summed E-state index contributed by atoms with van der Waals surface area (Å²) in [6, 6.07) is 1.03. The molecule has 6 heteroatoms. The van der Waals surface area contributed by atoms with E-state index in [9.17, 15) is 9.59 Å². The minimum absolute atomic E-state index is 0.0839. The van der Waals surface area contributed by atoms with Crippen molar-refractivity contribution in [3.63, 3.8) is 0 Å². The van der Waals surface area contributed by atoms with Crippen molar-refractivity contribution in [2.75, 3.05) is 11.9 Å². The van der Waals surface area contributed by atoms with Crippen LogP contribution in [0.15, 0.2) is 10.9 Å². The first-order chi connectivity index (χ1) is 7.16. The molecular formula is C9H11N3O3. The molecule has 80 valence electrons. The third kappa shape index (κ3) is 2.34. The molecule has 15 heavy (non-hydrogen) atoms. The molecule has 2 rings (SSSR count). The van der Waals surface area contributed by atoms with E-state index in [1.165, 1.54) is 12.8 Å². The first-order valence-corrected chi connectivity index (χ1v) is 4.73. The number of aromatic carboxylic acids is 1. The van der Waals surface area contributed by atoms with E-state index >= 15 is 0 Å². The smallest absolute Gasteiger partial charge is 0.339 e. The van der Waals surface area contributed by atoms with Crippen LogP contribution in [0.4, 0.5) is 5.82 Å². The van der Waals surface area contributed by atoms with Crippen molar-refractivity contribution < 1.29 is 9.90 Å². The van der Waals surface area contributed by atoms with Gasteiger partial charge in [-0.2, -0.15) is 5.10 Å². The Morgan fingerprint density at radius 3 is 3.00 bits per heavy atom. The lowest BCUT2D eigenvalue weighted by molar-refractivity contribution is 0.0697. The van der Waals surface area contributed by atoms with Crippen LogP contribution in [0, 0.1) is 5.92 Å². The standard InChI is InChI=1S/C9H11N3O3/c13-7-3-6(9(14)15)8(12-11-7)10-4-5-1-2-5/h3,5H,1-2,4H2,(H,10,12)(H,11,13)(H,14,15). The number of nitrogens with zero attached hydrogens (tertiary/aromatic N) is 1. The summed E-state index contributed by atoms with van der Waals surface area (Å²) >= 11 is 0. The SMILES string of the molecule is O=C(O)c1cc(=O)[nH]nc1NCC1CC1. The first kappa shape index (κ1) is 9.70. The molecule has 1 aliphatic rings. The molecule has 1 heterocycles. The number of rotatable bonds is 4. The van der Waals surface area contributed by atoms with Crippen LogP contribution < -0.4 is 10.9 Å². The predicted octanol–water partition coefficient (Wildman–Crippen LogP) is 0.290. The van der Waals surface area contributed by atoms with Gasteiger partial charge in [0, 0.05) is 12.6 Å². The number of hydrogen-bond donors (Lipinski definition) is 3. The highest BCUT2D eigenvalue weighted by molar-refractivity contribution is 5.92. The van der Waals surface area contributed by atoms with Crippen molar-refractivity contribution in [1.29, 1.82) is 0 Å². The Bertz CT molecular complexity index is 436. The van der Waals surface area contributed by atoms with Gasteiger partial charge in [0.15, 0.2) is 5.82 Å². The van der Waals surface area contributed by atoms with E-state index in [0.29, 0.717) is 12.5 Å². The summed E-state index contributed by atoms with van der Waals surface area (Å²) in [6.45, 7) is 0.708. The Morgan fingerprint density at radius 2 is 2.40 bits per heavy atom. The maximum atomic E-state index is 10.9. The van der Waals surface area contributed by atoms with E-state index < -0.39 is 11.5 Å². The number of aromatic nitrogens is 2. The quantitative estimate of drug-likeness (QED) is 0.662. The molecule has 0 aliphatic heterocycles. The number of anilines is 1. The van der Waals surface area contributed by atoms with Crippen LogP contribution in [-0.4, -0.2) is 27.8 Å². The van der Waals surface area contributed by atoms with Crippen molar-refractivity contribution in [2.45, 2.75) is 12.8 Å². The number of carboxylic acids is 1. The largest absolute Gasteiger partial charge is 0.478 e. The predicted molar refractivity (Wildman–Crippen MR) is 53.0 cm³/mol. The molecular weight excluding hydrogens is 198 g/mol. The molecule has 1 saturated carbocycles. The summed E-state index contributed by atoms with van der Waals surface area (Å²) in [6.07, 6.45) is 2.33. The number of carbonyl (C=O) groups is 1. The van der Waals surface area contributed by atoms with E-state index in [4.69, 9.17) is 5.11 Å². The van der Waals surface area contributed by atoms with Crippen LogP contribution in [0.5, 0.6) is 0 Å². The van der Waals surface area contributed by atoms with E-state index in [0.717, 1.165) is 6.07 Å².